The molecule has 0 aromatic carbocycles. The molecule has 3 nitrogen and oxygen atoms in total. The van der Waals surface area contributed by atoms with Crippen molar-refractivity contribution in [2.75, 3.05) is 6.54 Å². The fourth-order valence-electron chi connectivity index (χ4n) is 1.45. The van der Waals surface area contributed by atoms with Crippen molar-refractivity contribution in [3.05, 3.63) is 5.82 Å². The van der Waals surface area contributed by atoms with Gasteiger partial charge in [0, 0.05) is 17.8 Å². The minimum Gasteiger partial charge on any atom is -0.313 e. The van der Waals surface area contributed by atoms with Crippen LogP contribution in [0.1, 0.15) is 39.4 Å². The highest BCUT2D eigenvalue weighted by atomic mass is 32.2. The molecular formula is C11H21N3S2. The van der Waals surface area contributed by atoms with E-state index < -0.39 is 0 Å². The second kappa shape index (κ2) is 7.25. The smallest absolute Gasteiger partial charge is 0.170 e. The molecule has 1 atom stereocenters. The Morgan fingerprint density at radius 1 is 1.38 bits per heavy atom. The molecule has 0 amide bonds. The predicted molar refractivity (Wildman–Crippen MR) is 72.3 cm³/mol. The first kappa shape index (κ1) is 13.9. The van der Waals surface area contributed by atoms with Gasteiger partial charge in [0.15, 0.2) is 4.34 Å². The van der Waals surface area contributed by atoms with Crippen LogP contribution in [0, 0.1) is 6.92 Å². The molecule has 16 heavy (non-hydrogen) atoms. The Bertz CT molecular complexity index is 297. The summed E-state index contributed by atoms with van der Waals surface area (Å²) in [5, 5.41) is 4.13. The molecule has 0 fully saturated rings. The quantitative estimate of drug-likeness (QED) is 0.764. The molecule has 0 aliphatic rings. The average Bonchev–Trinajstić information content (AvgIpc) is 2.65. The summed E-state index contributed by atoms with van der Waals surface area (Å²) in [5.41, 5.74) is 0. The maximum Gasteiger partial charge on any atom is 0.170 e. The average molecular weight is 259 g/mol. The van der Waals surface area contributed by atoms with Crippen LogP contribution in [-0.4, -0.2) is 27.2 Å². The molecule has 0 saturated carbocycles. The molecule has 1 N–H and O–H groups in total. The van der Waals surface area contributed by atoms with Crippen molar-refractivity contribution in [1.82, 2.24) is 14.7 Å². The van der Waals surface area contributed by atoms with E-state index >= 15 is 0 Å². The lowest BCUT2D eigenvalue weighted by molar-refractivity contribution is 0.488. The van der Waals surface area contributed by atoms with Crippen LogP contribution >= 0.6 is 23.3 Å². The number of aryl methyl sites for hydroxylation is 1. The Morgan fingerprint density at radius 2 is 2.06 bits per heavy atom. The van der Waals surface area contributed by atoms with Gasteiger partial charge in [-0.2, -0.15) is 4.37 Å². The molecule has 0 radical (unpaired) electrons. The van der Waals surface area contributed by atoms with E-state index in [1.54, 1.807) is 0 Å². The summed E-state index contributed by atoms with van der Waals surface area (Å²) >= 11 is 3.31. The van der Waals surface area contributed by atoms with Gasteiger partial charge in [-0.1, -0.05) is 32.5 Å². The van der Waals surface area contributed by atoms with E-state index in [-0.39, 0.29) is 0 Å². The summed E-state index contributed by atoms with van der Waals surface area (Å²) in [4.78, 5) is 4.36. The van der Waals surface area contributed by atoms with Gasteiger partial charge in [0.1, 0.15) is 5.82 Å². The number of aromatic nitrogens is 2. The number of thioether (sulfide) groups is 1. The van der Waals surface area contributed by atoms with E-state index in [1.807, 2.05) is 18.7 Å². The van der Waals surface area contributed by atoms with E-state index in [0.717, 1.165) is 16.7 Å². The van der Waals surface area contributed by atoms with Crippen LogP contribution in [0.2, 0.25) is 0 Å². The Morgan fingerprint density at radius 3 is 2.56 bits per heavy atom. The molecule has 1 aromatic rings. The molecule has 92 valence electrons. The van der Waals surface area contributed by atoms with E-state index in [2.05, 4.69) is 35.4 Å². The lowest BCUT2D eigenvalue weighted by Gasteiger charge is -2.17. The summed E-state index contributed by atoms with van der Waals surface area (Å²) in [7, 11) is 0. The van der Waals surface area contributed by atoms with Crippen molar-refractivity contribution >= 4 is 23.3 Å². The third kappa shape index (κ3) is 4.80. The van der Waals surface area contributed by atoms with Gasteiger partial charge in [0.2, 0.25) is 0 Å². The molecule has 5 heteroatoms. The summed E-state index contributed by atoms with van der Waals surface area (Å²) in [6.45, 7) is 9.67. The van der Waals surface area contributed by atoms with Gasteiger partial charge in [-0.25, -0.2) is 4.98 Å². The SMILES string of the molecule is CCC(CC)NCC(C)Sc1nc(C)ns1. The standard InChI is InChI=1S/C11H21N3S2/c1-5-10(6-2)12-7-8(3)15-11-13-9(4)14-16-11/h8,10,12H,5-7H2,1-4H3. The van der Waals surface area contributed by atoms with Crippen LogP contribution in [0.15, 0.2) is 4.34 Å². The number of hydrogen-bond acceptors (Lipinski definition) is 5. The second-order valence-electron chi connectivity index (χ2n) is 3.96. The zero-order valence-corrected chi connectivity index (χ0v) is 12.1. The van der Waals surface area contributed by atoms with Crippen LogP contribution in [0.4, 0.5) is 0 Å². The molecule has 1 unspecified atom stereocenters. The highest BCUT2D eigenvalue weighted by Crippen LogP contribution is 2.24. The minimum absolute atomic E-state index is 0.549. The second-order valence-corrected chi connectivity index (χ2v) is 6.40. The van der Waals surface area contributed by atoms with Crippen molar-refractivity contribution < 1.29 is 0 Å². The molecule has 0 bridgehead atoms. The van der Waals surface area contributed by atoms with Crippen LogP contribution in [0.3, 0.4) is 0 Å². The topological polar surface area (TPSA) is 37.8 Å². The lowest BCUT2D eigenvalue weighted by Crippen LogP contribution is -2.32. The van der Waals surface area contributed by atoms with Crippen molar-refractivity contribution in [3.8, 4) is 0 Å². The van der Waals surface area contributed by atoms with Crippen LogP contribution in [0.5, 0.6) is 0 Å². The van der Waals surface area contributed by atoms with E-state index in [9.17, 15) is 0 Å². The fraction of sp³-hybridized carbons (Fsp3) is 0.818. The summed E-state index contributed by atoms with van der Waals surface area (Å²) in [5.74, 6) is 0.882. The van der Waals surface area contributed by atoms with Crippen LogP contribution < -0.4 is 5.32 Å². The van der Waals surface area contributed by atoms with Crippen LogP contribution in [-0.2, 0) is 0 Å². The monoisotopic (exact) mass is 259 g/mol. The first-order valence-electron chi connectivity index (χ1n) is 5.86. The molecule has 0 spiro atoms. The Balaban J connectivity index is 2.27. The highest BCUT2D eigenvalue weighted by molar-refractivity contribution is 8.01. The first-order chi connectivity index (χ1) is 7.65. The third-order valence-electron chi connectivity index (χ3n) is 2.49. The van der Waals surface area contributed by atoms with Gasteiger partial charge < -0.3 is 5.32 Å². The summed E-state index contributed by atoms with van der Waals surface area (Å²) in [6, 6.07) is 0.652. The number of nitrogens with zero attached hydrogens (tertiary/aromatic N) is 2. The van der Waals surface area contributed by atoms with Gasteiger partial charge in [-0.15, -0.1) is 0 Å². The van der Waals surface area contributed by atoms with Gasteiger partial charge in [0.25, 0.3) is 0 Å². The number of hydrogen-bond donors (Lipinski definition) is 1. The van der Waals surface area contributed by atoms with E-state index in [0.29, 0.717) is 11.3 Å². The molecule has 0 saturated heterocycles. The molecule has 0 aliphatic heterocycles. The van der Waals surface area contributed by atoms with Gasteiger partial charge >= 0.3 is 0 Å². The Hall–Kier alpha value is -0.130. The van der Waals surface area contributed by atoms with Gasteiger partial charge in [0.05, 0.1) is 0 Å². The maximum atomic E-state index is 4.36. The van der Waals surface area contributed by atoms with Crippen molar-refractivity contribution in [2.45, 2.75) is 56.2 Å². The first-order valence-corrected chi connectivity index (χ1v) is 7.51. The zero-order chi connectivity index (χ0) is 12.0. The van der Waals surface area contributed by atoms with E-state index in [1.165, 1.54) is 24.4 Å². The largest absolute Gasteiger partial charge is 0.313 e. The minimum atomic E-state index is 0.549. The third-order valence-corrected chi connectivity index (χ3v) is 4.47. The Kier molecular flexibility index (Phi) is 6.31. The molecule has 1 heterocycles. The highest BCUT2D eigenvalue weighted by Gasteiger charge is 2.10. The molecule has 1 rings (SSSR count). The fourth-order valence-corrected chi connectivity index (χ4v) is 3.36. The van der Waals surface area contributed by atoms with E-state index in [4.69, 9.17) is 0 Å². The normalized spacial score (nSPS) is 13.3. The maximum absolute atomic E-state index is 4.36. The van der Waals surface area contributed by atoms with Crippen molar-refractivity contribution in [2.24, 2.45) is 0 Å². The van der Waals surface area contributed by atoms with Crippen molar-refractivity contribution in [1.29, 1.82) is 0 Å². The van der Waals surface area contributed by atoms with Crippen LogP contribution in [0.25, 0.3) is 0 Å². The number of rotatable bonds is 7. The van der Waals surface area contributed by atoms with Gasteiger partial charge in [-0.05, 0) is 31.3 Å². The predicted octanol–water partition coefficient (Wildman–Crippen LogP) is 3.11. The molecule has 0 aliphatic carbocycles. The lowest BCUT2D eigenvalue weighted by atomic mass is 10.2. The summed E-state index contributed by atoms with van der Waals surface area (Å²) < 4.78 is 5.27. The molecule has 1 aromatic heterocycles. The molecular weight excluding hydrogens is 238 g/mol. The van der Waals surface area contributed by atoms with Gasteiger partial charge in [-0.3, -0.25) is 0 Å². The summed E-state index contributed by atoms with van der Waals surface area (Å²) in [6.07, 6.45) is 2.40. The van der Waals surface area contributed by atoms with Crippen molar-refractivity contribution in [3.63, 3.8) is 0 Å². The number of nitrogens with one attached hydrogen (secondary N) is 1. The zero-order valence-electron chi connectivity index (χ0n) is 10.5. The Labute approximate surface area is 107 Å².